The monoisotopic (exact) mass is 336 g/mol. The SMILES string of the molecule is CC(O)C(NC(=O)c1cc(Cl)c(Cl)c([N+](=O)[O-])c1)C(=O)O. The zero-order valence-electron chi connectivity index (χ0n) is 10.5. The van der Waals surface area contributed by atoms with Gasteiger partial charge in [0.1, 0.15) is 5.02 Å². The summed E-state index contributed by atoms with van der Waals surface area (Å²) in [5.74, 6) is -2.39. The van der Waals surface area contributed by atoms with Crippen LogP contribution in [0.2, 0.25) is 10.0 Å². The van der Waals surface area contributed by atoms with Gasteiger partial charge in [-0.25, -0.2) is 4.79 Å². The van der Waals surface area contributed by atoms with E-state index in [2.05, 4.69) is 0 Å². The fraction of sp³-hybridized carbons (Fsp3) is 0.273. The molecule has 1 rings (SSSR count). The summed E-state index contributed by atoms with van der Waals surface area (Å²) in [6.07, 6.45) is -1.36. The Kier molecular flexibility index (Phi) is 5.47. The van der Waals surface area contributed by atoms with Gasteiger partial charge in [0.05, 0.1) is 16.0 Å². The van der Waals surface area contributed by atoms with E-state index in [9.17, 15) is 24.8 Å². The van der Waals surface area contributed by atoms with Crippen molar-refractivity contribution in [2.75, 3.05) is 0 Å². The van der Waals surface area contributed by atoms with E-state index < -0.39 is 34.6 Å². The largest absolute Gasteiger partial charge is 0.480 e. The van der Waals surface area contributed by atoms with Gasteiger partial charge in [-0.05, 0) is 13.0 Å². The second-order valence-corrected chi connectivity index (χ2v) is 4.86. The van der Waals surface area contributed by atoms with Gasteiger partial charge in [0.2, 0.25) is 0 Å². The van der Waals surface area contributed by atoms with Crippen molar-refractivity contribution < 1.29 is 24.7 Å². The predicted molar refractivity (Wildman–Crippen MR) is 73.7 cm³/mol. The molecule has 0 saturated heterocycles. The quantitative estimate of drug-likeness (QED) is 0.551. The fourth-order valence-electron chi connectivity index (χ4n) is 1.45. The maximum atomic E-state index is 11.9. The van der Waals surface area contributed by atoms with Crippen LogP contribution in [0.15, 0.2) is 12.1 Å². The number of aliphatic hydroxyl groups is 1. The second kappa shape index (κ2) is 6.70. The van der Waals surface area contributed by atoms with Crippen molar-refractivity contribution in [1.29, 1.82) is 0 Å². The van der Waals surface area contributed by atoms with Crippen LogP contribution in [0.25, 0.3) is 0 Å². The Hall–Kier alpha value is -1.90. The zero-order chi connectivity index (χ0) is 16.3. The van der Waals surface area contributed by atoms with Gasteiger partial charge in [-0.15, -0.1) is 0 Å². The van der Waals surface area contributed by atoms with E-state index in [1.165, 1.54) is 6.92 Å². The molecule has 1 aromatic rings. The van der Waals surface area contributed by atoms with Crippen LogP contribution in [-0.4, -0.2) is 39.2 Å². The van der Waals surface area contributed by atoms with E-state index in [1.807, 2.05) is 5.32 Å². The third kappa shape index (κ3) is 4.03. The molecule has 0 bridgehead atoms. The molecule has 0 radical (unpaired) electrons. The number of amides is 1. The normalized spacial score (nSPS) is 13.3. The summed E-state index contributed by atoms with van der Waals surface area (Å²) in [5.41, 5.74) is -0.832. The molecule has 10 heteroatoms. The van der Waals surface area contributed by atoms with Gasteiger partial charge in [0.15, 0.2) is 6.04 Å². The van der Waals surface area contributed by atoms with E-state index in [1.54, 1.807) is 0 Å². The summed E-state index contributed by atoms with van der Waals surface area (Å²) in [5, 5.41) is 30.4. The van der Waals surface area contributed by atoms with Crippen molar-refractivity contribution in [3.8, 4) is 0 Å². The molecule has 2 unspecified atom stereocenters. The molecule has 0 aliphatic carbocycles. The third-order valence-electron chi connectivity index (χ3n) is 2.50. The minimum Gasteiger partial charge on any atom is -0.480 e. The summed E-state index contributed by atoms with van der Waals surface area (Å²) in [4.78, 5) is 32.7. The molecule has 2 atom stereocenters. The number of carboxylic acids is 1. The number of benzene rings is 1. The molecule has 3 N–H and O–H groups in total. The molecule has 1 amide bonds. The van der Waals surface area contributed by atoms with Crippen molar-refractivity contribution in [2.45, 2.75) is 19.1 Å². The molecule has 0 aliphatic rings. The molecule has 21 heavy (non-hydrogen) atoms. The maximum Gasteiger partial charge on any atom is 0.328 e. The Morgan fingerprint density at radius 2 is 1.95 bits per heavy atom. The number of nitrogens with one attached hydrogen (secondary N) is 1. The van der Waals surface area contributed by atoms with Gasteiger partial charge in [-0.1, -0.05) is 23.2 Å². The predicted octanol–water partition coefficient (Wildman–Crippen LogP) is 1.47. The van der Waals surface area contributed by atoms with E-state index in [0.717, 1.165) is 12.1 Å². The standard InChI is InChI=1S/C11H10Cl2N2O6/c1-4(16)9(11(18)19)14-10(17)5-2-6(12)8(13)7(3-5)15(20)21/h2-4,9,16H,1H3,(H,14,17)(H,18,19). The minimum absolute atomic E-state index is 0.222. The lowest BCUT2D eigenvalue weighted by molar-refractivity contribution is -0.384. The van der Waals surface area contributed by atoms with Gasteiger partial charge in [0, 0.05) is 11.6 Å². The summed E-state index contributed by atoms with van der Waals surface area (Å²) < 4.78 is 0. The number of carbonyl (C=O) groups is 2. The van der Waals surface area contributed by atoms with E-state index in [-0.39, 0.29) is 15.6 Å². The number of aliphatic carboxylic acids is 1. The zero-order valence-corrected chi connectivity index (χ0v) is 12.1. The first-order chi connectivity index (χ1) is 9.65. The summed E-state index contributed by atoms with van der Waals surface area (Å²) >= 11 is 11.3. The average Bonchev–Trinajstić information content (AvgIpc) is 2.37. The smallest absolute Gasteiger partial charge is 0.328 e. The number of hydrogen-bond acceptors (Lipinski definition) is 5. The van der Waals surface area contributed by atoms with Crippen molar-refractivity contribution in [1.82, 2.24) is 5.32 Å². The van der Waals surface area contributed by atoms with Gasteiger partial charge in [-0.2, -0.15) is 0 Å². The molecule has 1 aromatic carbocycles. The lowest BCUT2D eigenvalue weighted by atomic mass is 10.1. The second-order valence-electron chi connectivity index (χ2n) is 4.08. The van der Waals surface area contributed by atoms with Crippen LogP contribution in [0.5, 0.6) is 0 Å². The molecular formula is C11H10Cl2N2O6. The minimum atomic E-state index is -1.56. The number of rotatable bonds is 5. The number of nitrogens with zero attached hydrogens (tertiary/aromatic N) is 1. The first-order valence-corrected chi connectivity index (χ1v) is 6.26. The van der Waals surface area contributed by atoms with E-state index in [0.29, 0.717) is 0 Å². The number of hydrogen-bond donors (Lipinski definition) is 3. The number of aliphatic hydroxyl groups excluding tert-OH is 1. The van der Waals surface area contributed by atoms with Crippen LogP contribution < -0.4 is 5.32 Å². The molecule has 114 valence electrons. The van der Waals surface area contributed by atoms with Gasteiger partial charge >= 0.3 is 5.97 Å². The third-order valence-corrected chi connectivity index (χ3v) is 3.29. The van der Waals surface area contributed by atoms with Crippen LogP contribution >= 0.6 is 23.2 Å². The first-order valence-electron chi connectivity index (χ1n) is 5.50. The number of nitro benzene ring substituents is 1. The van der Waals surface area contributed by atoms with Crippen LogP contribution in [0.4, 0.5) is 5.69 Å². The molecule has 0 heterocycles. The van der Waals surface area contributed by atoms with Gasteiger partial charge in [-0.3, -0.25) is 14.9 Å². The maximum absolute atomic E-state index is 11.9. The molecule has 0 aliphatic heterocycles. The highest BCUT2D eigenvalue weighted by Crippen LogP contribution is 2.33. The molecule has 8 nitrogen and oxygen atoms in total. The Labute approximate surface area is 128 Å². The van der Waals surface area contributed by atoms with E-state index >= 15 is 0 Å². The summed E-state index contributed by atoms with van der Waals surface area (Å²) in [6, 6.07) is 0.364. The highest BCUT2D eigenvalue weighted by Gasteiger charge is 2.27. The Morgan fingerprint density at radius 3 is 2.38 bits per heavy atom. The molecule has 0 spiro atoms. The number of carbonyl (C=O) groups excluding carboxylic acids is 1. The lowest BCUT2D eigenvalue weighted by Gasteiger charge is -2.17. The highest BCUT2D eigenvalue weighted by molar-refractivity contribution is 6.43. The number of carboxylic acid groups (broad SMARTS) is 1. The van der Waals surface area contributed by atoms with Crippen LogP contribution in [0.3, 0.4) is 0 Å². The average molecular weight is 337 g/mol. The number of nitro groups is 1. The van der Waals surface area contributed by atoms with Crippen molar-refractivity contribution in [3.05, 3.63) is 37.9 Å². The molecule has 0 aromatic heterocycles. The van der Waals surface area contributed by atoms with E-state index in [4.69, 9.17) is 28.3 Å². The van der Waals surface area contributed by atoms with Crippen molar-refractivity contribution in [3.63, 3.8) is 0 Å². The summed E-state index contributed by atoms with van der Waals surface area (Å²) in [7, 11) is 0. The Bertz CT molecular complexity index is 605. The van der Waals surface area contributed by atoms with Crippen molar-refractivity contribution >= 4 is 40.8 Å². The molecule has 0 fully saturated rings. The molecular weight excluding hydrogens is 327 g/mol. The Balaban J connectivity index is 3.14. The van der Waals surface area contributed by atoms with Crippen molar-refractivity contribution in [2.24, 2.45) is 0 Å². The Morgan fingerprint density at radius 1 is 1.38 bits per heavy atom. The topological polar surface area (TPSA) is 130 Å². The number of halogens is 2. The molecule has 0 saturated carbocycles. The van der Waals surface area contributed by atoms with Crippen LogP contribution in [0, 0.1) is 10.1 Å². The fourth-order valence-corrected chi connectivity index (χ4v) is 1.84. The van der Waals surface area contributed by atoms with Crippen LogP contribution in [0.1, 0.15) is 17.3 Å². The summed E-state index contributed by atoms with van der Waals surface area (Å²) in [6.45, 7) is 1.18. The van der Waals surface area contributed by atoms with Gasteiger partial charge in [0.25, 0.3) is 11.6 Å². The van der Waals surface area contributed by atoms with Crippen LogP contribution in [-0.2, 0) is 4.79 Å². The van der Waals surface area contributed by atoms with Gasteiger partial charge < -0.3 is 15.5 Å². The highest BCUT2D eigenvalue weighted by atomic mass is 35.5. The first kappa shape index (κ1) is 17.2. The lowest BCUT2D eigenvalue weighted by Crippen LogP contribution is -2.47.